The van der Waals surface area contributed by atoms with Crippen molar-refractivity contribution in [2.24, 2.45) is 5.92 Å². The normalized spacial score (nSPS) is 23.6. The van der Waals surface area contributed by atoms with Gasteiger partial charge in [0.1, 0.15) is 0 Å². The molecule has 0 radical (unpaired) electrons. The predicted molar refractivity (Wildman–Crippen MR) is 79.9 cm³/mol. The molecular weight excluding hydrogens is 276 g/mol. The Morgan fingerprint density at radius 3 is 2.95 bits per heavy atom. The van der Waals surface area contributed by atoms with E-state index in [2.05, 4.69) is 10.6 Å². The van der Waals surface area contributed by atoms with Gasteiger partial charge in [0.15, 0.2) is 0 Å². The van der Waals surface area contributed by atoms with Crippen molar-refractivity contribution in [2.45, 2.75) is 25.5 Å². The molecule has 0 unspecified atom stereocenters. The van der Waals surface area contributed by atoms with Crippen LogP contribution >= 0.6 is 11.6 Å². The molecule has 1 saturated heterocycles. The van der Waals surface area contributed by atoms with E-state index >= 15 is 0 Å². The van der Waals surface area contributed by atoms with Crippen molar-refractivity contribution >= 4 is 17.5 Å². The summed E-state index contributed by atoms with van der Waals surface area (Å²) in [5.41, 5.74) is 1.00. The van der Waals surface area contributed by atoms with E-state index < -0.39 is 0 Å². The molecule has 0 aliphatic carbocycles. The van der Waals surface area contributed by atoms with E-state index in [1.54, 1.807) is 7.11 Å². The third-order valence-electron chi connectivity index (χ3n) is 3.72. The van der Waals surface area contributed by atoms with Gasteiger partial charge in [-0.15, -0.1) is 0 Å². The molecule has 1 aromatic carbocycles. The Morgan fingerprint density at radius 2 is 2.25 bits per heavy atom. The number of halogens is 1. The maximum Gasteiger partial charge on any atom is 0.223 e. The van der Waals surface area contributed by atoms with Gasteiger partial charge >= 0.3 is 0 Å². The molecule has 1 aliphatic heterocycles. The maximum absolute atomic E-state index is 12.2. The van der Waals surface area contributed by atoms with E-state index in [0.717, 1.165) is 18.7 Å². The summed E-state index contributed by atoms with van der Waals surface area (Å²) in [6.45, 7) is 3.45. The minimum absolute atomic E-state index is 0.0423. The SMILES string of the molecule is CO[C@H]1CNC[C@H]1NC(=O)[C@@H](C)Cc1ccccc1Cl. The molecule has 2 rings (SSSR count). The molecule has 0 spiro atoms. The molecule has 1 heterocycles. The highest BCUT2D eigenvalue weighted by atomic mass is 35.5. The van der Waals surface area contributed by atoms with E-state index in [0.29, 0.717) is 11.4 Å². The Morgan fingerprint density at radius 1 is 1.50 bits per heavy atom. The Hall–Kier alpha value is -1.10. The summed E-state index contributed by atoms with van der Waals surface area (Å²) >= 11 is 6.13. The summed E-state index contributed by atoms with van der Waals surface area (Å²) in [6.07, 6.45) is 0.690. The van der Waals surface area contributed by atoms with Crippen molar-refractivity contribution in [1.29, 1.82) is 0 Å². The maximum atomic E-state index is 12.2. The van der Waals surface area contributed by atoms with Gasteiger partial charge in [0.25, 0.3) is 0 Å². The number of benzene rings is 1. The van der Waals surface area contributed by atoms with Crippen LogP contribution in [-0.4, -0.2) is 38.3 Å². The number of hydrogen-bond acceptors (Lipinski definition) is 3. The number of amides is 1. The minimum atomic E-state index is -0.118. The first kappa shape index (κ1) is 15.3. The summed E-state index contributed by atoms with van der Waals surface area (Å²) in [5.74, 6) is -0.0753. The molecule has 5 heteroatoms. The summed E-state index contributed by atoms with van der Waals surface area (Å²) in [7, 11) is 1.67. The van der Waals surface area contributed by atoms with Crippen molar-refractivity contribution < 1.29 is 9.53 Å². The first-order chi connectivity index (χ1) is 9.61. The van der Waals surface area contributed by atoms with E-state index in [4.69, 9.17) is 16.3 Å². The number of carbonyl (C=O) groups excluding carboxylic acids is 1. The zero-order valence-electron chi connectivity index (χ0n) is 11.9. The van der Waals surface area contributed by atoms with Gasteiger partial charge in [-0.25, -0.2) is 0 Å². The van der Waals surface area contributed by atoms with Crippen molar-refractivity contribution in [2.75, 3.05) is 20.2 Å². The molecular formula is C15H21ClN2O2. The zero-order valence-corrected chi connectivity index (χ0v) is 12.6. The van der Waals surface area contributed by atoms with Crippen LogP contribution in [0.2, 0.25) is 5.02 Å². The first-order valence-electron chi connectivity index (χ1n) is 6.89. The molecule has 1 aromatic rings. The van der Waals surface area contributed by atoms with E-state index in [-0.39, 0.29) is 24.0 Å². The minimum Gasteiger partial charge on any atom is -0.378 e. The summed E-state index contributed by atoms with van der Waals surface area (Å²) < 4.78 is 5.34. The number of ether oxygens (including phenoxy) is 1. The second-order valence-corrected chi connectivity index (χ2v) is 5.65. The second-order valence-electron chi connectivity index (χ2n) is 5.24. The van der Waals surface area contributed by atoms with Gasteiger partial charge in [0.05, 0.1) is 12.1 Å². The van der Waals surface area contributed by atoms with Gasteiger partial charge in [0, 0.05) is 31.1 Å². The van der Waals surface area contributed by atoms with Crippen LogP contribution in [0.3, 0.4) is 0 Å². The van der Waals surface area contributed by atoms with Crippen LogP contribution in [0.25, 0.3) is 0 Å². The highest BCUT2D eigenvalue weighted by molar-refractivity contribution is 6.31. The molecule has 110 valence electrons. The molecule has 0 bridgehead atoms. The summed E-state index contributed by atoms with van der Waals surface area (Å²) in [5, 5.41) is 6.98. The molecule has 1 amide bonds. The standard InChI is InChI=1S/C15H21ClN2O2/c1-10(7-11-5-3-4-6-12(11)16)15(19)18-13-8-17-9-14(13)20-2/h3-6,10,13-14,17H,7-9H2,1-2H3,(H,18,19)/t10-,13+,14-/m0/s1. The smallest absolute Gasteiger partial charge is 0.223 e. The Labute approximate surface area is 124 Å². The Bertz CT molecular complexity index is 467. The quantitative estimate of drug-likeness (QED) is 0.868. The largest absolute Gasteiger partial charge is 0.378 e. The molecule has 0 saturated carbocycles. The van der Waals surface area contributed by atoms with Crippen LogP contribution in [-0.2, 0) is 16.0 Å². The Kier molecular flexibility index (Phi) is 5.40. The lowest BCUT2D eigenvalue weighted by Gasteiger charge is -2.21. The van der Waals surface area contributed by atoms with E-state index in [1.807, 2.05) is 31.2 Å². The van der Waals surface area contributed by atoms with Crippen LogP contribution in [0, 0.1) is 5.92 Å². The molecule has 1 aliphatic rings. The fourth-order valence-electron chi connectivity index (χ4n) is 2.46. The molecule has 4 nitrogen and oxygen atoms in total. The van der Waals surface area contributed by atoms with Crippen LogP contribution in [0.1, 0.15) is 12.5 Å². The van der Waals surface area contributed by atoms with Crippen LogP contribution in [0.5, 0.6) is 0 Å². The van der Waals surface area contributed by atoms with Gasteiger partial charge in [-0.2, -0.15) is 0 Å². The van der Waals surface area contributed by atoms with Gasteiger partial charge in [-0.1, -0.05) is 36.7 Å². The van der Waals surface area contributed by atoms with Gasteiger partial charge in [-0.05, 0) is 18.1 Å². The van der Waals surface area contributed by atoms with E-state index in [9.17, 15) is 4.79 Å². The highest BCUT2D eigenvalue weighted by Crippen LogP contribution is 2.19. The Balaban J connectivity index is 1.91. The van der Waals surface area contributed by atoms with Crippen LogP contribution in [0.15, 0.2) is 24.3 Å². The monoisotopic (exact) mass is 296 g/mol. The topological polar surface area (TPSA) is 50.4 Å². The molecule has 20 heavy (non-hydrogen) atoms. The molecule has 2 N–H and O–H groups in total. The second kappa shape index (κ2) is 7.07. The van der Waals surface area contributed by atoms with Crippen molar-refractivity contribution in [3.05, 3.63) is 34.9 Å². The highest BCUT2D eigenvalue weighted by Gasteiger charge is 2.29. The summed E-state index contributed by atoms with van der Waals surface area (Å²) in [6, 6.07) is 7.68. The van der Waals surface area contributed by atoms with Crippen molar-refractivity contribution in [3.63, 3.8) is 0 Å². The molecule has 3 atom stereocenters. The number of methoxy groups -OCH3 is 1. The lowest BCUT2D eigenvalue weighted by Crippen LogP contribution is -2.45. The average Bonchev–Trinajstić information content (AvgIpc) is 2.88. The van der Waals surface area contributed by atoms with Crippen LogP contribution < -0.4 is 10.6 Å². The van der Waals surface area contributed by atoms with Crippen molar-refractivity contribution in [3.8, 4) is 0 Å². The first-order valence-corrected chi connectivity index (χ1v) is 7.27. The zero-order chi connectivity index (χ0) is 14.5. The number of nitrogens with one attached hydrogen (secondary N) is 2. The lowest BCUT2D eigenvalue weighted by molar-refractivity contribution is -0.125. The van der Waals surface area contributed by atoms with Crippen molar-refractivity contribution in [1.82, 2.24) is 10.6 Å². The third-order valence-corrected chi connectivity index (χ3v) is 4.09. The van der Waals surface area contributed by atoms with Gasteiger partial charge in [-0.3, -0.25) is 4.79 Å². The van der Waals surface area contributed by atoms with Gasteiger partial charge in [0.2, 0.25) is 5.91 Å². The van der Waals surface area contributed by atoms with Gasteiger partial charge < -0.3 is 15.4 Å². The fraction of sp³-hybridized carbons (Fsp3) is 0.533. The third kappa shape index (κ3) is 3.72. The van der Waals surface area contributed by atoms with Crippen LogP contribution in [0.4, 0.5) is 0 Å². The lowest BCUT2D eigenvalue weighted by atomic mass is 10.00. The fourth-order valence-corrected chi connectivity index (χ4v) is 2.67. The number of rotatable bonds is 5. The number of carbonyl (C=O) groups is 1. The summed E-state index contributed by atoms with van der Waals surface area (Å²) in [4.78, 5) is 12.2. The van der Waals surface area contributed by atoms with E-state index in [1.165, 1.54) is 0 Å². The average molecular weight is 297 g/mol. The molecule has 1 fully saturated rings. The molecule has 0 aromatic heterocycles. The number of hydrogen-bond donors (Lipinski definition) is 2. The predicted octanol–water partition coefficient (Wildman–Crippen LogP) is 1.62.